The molecule has 0 radical (unpaired) electrons. The third kappa shape index (κ3) is 9.08. The molecule has 2 amide bonds. The number of carbonyl (C=O) groups is 2. The Hall–Kier alpha value is -4.54. The lowest BCUT2D eigenvalue weighted by atomic mass is 10.0. The Labute approximate surface area is 288 Å². The van der Waals surface area contributed by atoms with Gasteiger partial charge in [-0.3, -0.25) is 13.9 Å². The topological polar surface area (TPSA) is 105 Å². The van der Waals surface area contributed by atoms with Gasteiger partial charge in [0.2, 0.25) is 11.8 Å². The number of halogens is 1. The van der Waals surface area contributed by atoms with Crippen LogP contribution in [-0.2, 0) is 32.6 Å². The number of ether oxygens (including phenoxy) is 2. The summed E-state index contributed by atoms with van der Waals surface area (Å²) in [5, 5.41) is 3.56. The Morgan fingerprint density at radius 3 is 2.15 bits per heavy atom. The number of amides is 2. The molecule has 254 valence electrons. The number of methoxy groups -OCH3 is 2. The van der Waals surface area contributed by atoms with E-state index < -0.39 is 28.5 Å². The lowest BCUT2D eigenvalue weighted by molar-refractivity contribution is -0.140. The van der Waals surface area contributed by atoms with Crippen molar-refractivity contribution >= 4 is 39.1 Å². The molecule has 0 spiro atoms. The van der Waals surface area contributed by atoms with E-state index in [0.717, 1.165) is 15.4 Å². The molecular weight excluding hydrogens is 650 g/mol. The van der Waals surface area contributed by atoms with Crippen LogP contribution >= 0.6 is 11.6 Å². The first-order valence-electron chi connectivity index (χ1n) is 15.7. The molecule has 0 heterocycles. The van der Waals surface area contributed by atoms with Crippen molar-refractivity contribution in [3.8, 4) is 11.5 Å². The van der Waals surface area contributed by atoms with Crippen molar-refractivity contribution in [1.82, 2.24) is 10.2 Å². The molecule has 2 atom stereocenters. The van der Waals surface area contributed by atoms with Crippen LogP contribution in [0.5, 0.6) is 11.5 Å². The summed E-state index contributed by atoms with van der Waals surface area (Å²) in [6.45, 7) is 5.11. The van der Waals surface area contributed by atoms with E-state index in [4.69, 9.17) is 21.1 Å². The Balaban J connectivity index is 1.87. The van der Waals surface area contributed by atoms with Crippen LogP contribution in [0, 0.1) is 6.92 Å². The number of hydrogen-bond acceptors (Lipinski definition) is 6. The standard InChI is InChI=1S/C37H42ClN3O6S/c1-6-27(3)39-37(43)34(22-28-10-8-7-9-11-28)40(24-29-14-16-30(38)17-15-29)36(42)25-41(33-23-31(46-4)18-21-35(33)47-5)48(44,45)32-19-12-26(2)13-20-32/h7-21,23,27,34H,6,22,24-25H2,1-5H3,(H,39,43)/t27-,34+/m0/s1. The zero-order valence-electron chi connectivity index (χ0n) is 27.9. The summed E-state index contributed by atoms with van der Waals surface area (Å²) in [7, 11) is -1.44. The average Bonchev–Trinajstić information content (AvgIpc) is 3.09. The van der Waals surface area contributed by atoms with Crippen molar-refractivity contribution in [1.29, 1.82) is 0 Å². The third-order valence-electron chi connectivity index (χ3n) is 8.08. The first kappa shape index (κ1) is 36.3. The number of rotatable bonds is 15. The highest BCUT2D eigenvalue weighted by Gasteiger charge is 2.36. The summed E-state index contributed by atoms with van der Waals surface area (Å²) in [5.74, 6) is -0.345. The Bertz CT molecular complexity index is 1780. The highest BCUT2D eigenvalue weighted by Crippen LogP contribution is 2.36. The number of hydrogen-bond donors (Lipinski definition) is 1. The second-order valence-electron chi connectivity index (χ2n) is 11.5. The van der Waals surface area contributed by atoms with E-state index in [2.05, 4.69) is 5.32 Å². The minimum Gasteiger partial charge on any atom is -0.497 e. The van der Waals surface area contributed by atoms with Gasteiger partial charge in [0.05, 0.1) is 24.8 Å². The van der Waals surface area contributed by atoms with Gasteiger partial charge in [0.1, 0.15) is 24.1 Å². The van der Waals surface area contributed by atoms with E-state index in [1.807, 2.05) is 51.1 Å². The number of anilines is 1. The summed E-state index contributed by atoms with van der Waals surface area (Å²) in [6.07, 6.45) is 0.892. The number of carbonyl (C=O) groups excluding carboxylic acids is 2. The van der Waals surface area contributed by atoms with E-state index in [-0.39, 0.29) is 41.2 Å². The van der Waals surface area contributed by atoms with Crippen molar-refractivity contribution in [2.75, 3.05) is 25.1 Å². The highest BCUT2D eigenvalue weighted by atomic mass is 35.5. The summed E-state index contributed by atoms with van der Waals surface area (Å²) in [4.78, 5) is 30.2. The van der Waals surface area contributed by atoms with Crippen molar-refractivity contribution in [2.45, 2.75) is 57.1 Å². The van der Waals surface area contributed by atoms with Gasteiger partial charge in [-0.25, -0.2) is 8.42 Å². The van der Waals surface area contributed by atoms with Crippen LogP contribution in [-0.4, -0.2) is 58.0 Å². The molecule has 0 unspecified atom stereocenters. The molecule has 0 fully saturated rings. The number of nitrogens with one attached hydrogen (secondary N) is 1. The van der Waals surface area contributed by atoms with Gasteiger partial charge in [-0.15, -0.1) is 0 Å². The number of sulfonamides is 1. The monoisotopic (exact) mass is 691 g/mol. The fourth-order valence-corrected chi connectivity index (χ4v) is 6.67. The van der Waals surface area contributed by atoms with Crippen molar-refractivity contribution in [3.63, 3.8) is 0 Å². The summed E-state index contributed by atoms with van der Waals surface area (Å²) >= 11 is 6.17. The van der Waals surface area contributed by atoms with Crippen LogP contribution in [0.3, 0.4) is 0 Å². The second-order valence-corrected chi connectivity index (χ2v) is 13.8. The van der Waals surface area contributed by atoms with E-state index >= 15 is 0 Å². The fourth-order valence-electron chi connectivity index (χ4n) is 5.12. The van der Waals surface area contributed by atoms with Gasteiger partial charge in [0.15, 0.2) is 0 Å². The predicted octanol–water partition coefficient (Wildman–Crippen LogP) is 6.42. The van der Waals surface area contributed by atoms with Crippen molar-refractivity contribution in [3.05, 3.63) is 119 Å². The molecule has 0 aliphatic heterocycles. The molecule has 4 rings (SSSR count). The first-order chi connectivity index (χ1) is 23.0. The lowest BCUT2D eigenvalue weighted by Crippen LogP contribution is -2.54. The molecule has 0 aliphatic rings. The second kappa shape index (κ2) is 16.5. The molecule has 0 aromatic heterocycles. The highest BCUT2D eigenvalue weighted by molar-refractivity contribution is 7.92. The summed E-state index contributed by atoms with van der Waals surface area (Å²) < 4.78 is 40.8. The molecule has 0 saturated heterocycles. The van der Waals surface area contributed by atoms with E-state index in [1.54, 1.807) is 48.5 Å². The molecule has 4 aromatic carbocycles. The quantitative estimate of drug-likeness (QED) is 0.154. The van der Waals surface area contributed by atoms with Crippen LogP contribution in [0.4, 0.5) is 5.69 Å². The molecule has 11 heteroatoms. The minimum atomic E-state index is -4.33. The van der Waals surface area contributed by atoms with E-state index in [1.165, 1.54) is 37.3 Å². The van der Waals surface area contributed by atoms with Crippen LogP contribution in [0.1, 0.15) is 37.0 Å². The van der Waals surface area contributed by atoms with Gasteiger partial charge in [-0.1, -0.05) is 78.7 Å². The molecule has 9 nitrogen and oxygen atoms in total. The van der Waals surface area contributed by atoms with Gasteiger partial charge in [0.25, 0.3) is 10.0 Å². The van der Waals surface area contributed by atoms with E-state index in [0.29, 0.717) is 22.8 Å². The zero-order valence-corrected chi connectivity index (χ0v) is 29.4. The Morgan fingerprint density at radius 1 is 0.875 bits per heavy atom. The molecular formula is C37H42ClN3O6S. The Morgan fingerprint density at radius 2 is 1.54 bits per heavy atom. The Kier molecular flexibility index (Phi) is 12.5. The molecule has 0 aliphatic carbocycles. The zero-order chi connectivity index (χ0) is 34.8. The number of aryl methyl sites for hydroxylation is 1. The summed E-state index contributed by atoms with van der Waals surface area (Å²) in [5.41, 5.74) is 2.55. The smallest absolute Gasteiger partial charge is 0.264 e. The lowest BCUT2D eigenvalue weighted by Gasteiger charge is -2.34. The maximum Gasteiger partial charge on any atom is 0.264 e. The minimum absolute atomic E-state index is 0.00891. The fraction of sp³-hybridized carbons (Fsp3) is 0.297. The van der Waals surface area contributed by atoms with Crippen LogP contribution < -0.4 is 19.1 Å². The van der Waals surface area contributed by atoms with Crippen LogP contribution in [0.25, 0.3) is 0 Å². The molecule has 1 N–H and O–H groups in total. The SMILES string of the molecule is CC[C@H](C)NC(=O)[C@@H](Cc1ccccc1)N(Cc1ccc(Cl)cc1)C(=O)CN(c1cc(OC)ccc1OC)S(=O)(=O)c1ccc(C)cc1. The van der Waals surface area contributed by atoms with Crippen LogP contribution in [0.15, 0.2) is 102 Å². The van der Waals surface area contributed by atoms with E-state index in [9.17, 15) is 18.0 Å². The van der Waals surface area contributed by atoms with Crippen molar-refractivity contribution in [2.24, 2.45) is 0 Å². The van der Waals surface area contributed by atoms with Gasteiger partial charge in [-0.2, -0.15) is 0 Å². The molecule has 4 aromatic rings. The van der Waals surface area contributed by atoms with Gasteiger partial charge in [0, 0.05) is 30.1 Å². The first-order valence-corrected chi connectivity index (χ1v) is 17.5. The maximum absolute atomic E-state index is 14.7. The van der Waals surface area contributed by atoms with Gasteiger partial charge in [-0.05, 0) is 67.8 Å². The summed E-state index contributed by atoms with van der Waals surface area (Å²) in [6, 6.07) is 26.4. The van der Waals surface area contributed by atoms with Gasteiger partial charge >= 0.3 is 0 Å². The average molecular weight is 692 g/mol. The number of benzene rings is 4. The molecule has 0 bridgehead atoms. The van der Waals surface area contributed by atoms with Gasteiger partial charge < -0.3 is 19.7 Å². The normalized spacial score (nSPS) is 12.5. The molecule has 48 heavy (non-hydrogen) atoms. The number of nitrogens with zero attached hydrogens (tertiary/aromatic N) is 2. The largest absolute Gasteiger partial charge is 0.497 e. The maximum atomic E-state index is 14.7. The third-order valence-corrected chi connectivity index (χ3v) is 10.1. The van der Waals surface area contributed by atoms with Crippen molar-refractivity contribution < 1.29 is 27.5 Å². The van der Waals surface area contributed by atoms with Crippen LogP contribution in [0.2, 0.25) is 5.02 Å². The molecule has 0 saturated carbocycles. The predicted molar refractivity (Wildman–Crippen MR) is 189 cm³/mol.